The third-order valence-electron chi connectivity index (χ3n) is 3.57. The second-order valence-corrected chi connectivity index (χ2v) is 5.21. The van der Waals surface area contributed by atoms with Crippen molar-refractivity contribution in [1.29, 1.82) is 0 Å². The molecule has 0 aromatic carbocycles. The molecular formula is C12H24N6. The molecule has 1 aliphatic rings. The Morgan fingerprint density at radius 3 is 2.94 bits per heavy atom. The zero-order valence-electron chi connectivity index (χ0n) is 11.6. The van der Waals surface area contributed by atoms with Gasteiger partial charge in [-0.1, -0.05) is 5.21 Å². The van der Waals surface area contributed by atoms with Gasteiger partial charge < -0.3 is 10.2 Å². The lowest BCUT2D eigenvalue weighted by Crippen LogP contribution is -2.32. The fourth-order valence-electron chi connectivity index (χ4n) is 2.39. The van der Waals surface area contributed by atoms with Crippen LogP contribution < -0.4 is 5.32 Å². The molecule has 1 aromatic heterocycles. The Bertz CT molecular complexity index is 361. The second-order valence-electron chi connectivity index (χ2n) is 5.21. The smallest absolute Gasteiger partial charge is 0.0964 e. The SMILES string of the molecule is CNCc1cn(CCN2CCC(N(C)C)C2)nn1. The van der Waals surface area contributed by atoms with Gasteiger partial charge in [-0.25, -0.2) is 0 Å². The molecule has 102 valence electrons. The van der Waals surface area contributed by atoms with E-state index in [9.17, 15) is 0 Å². The first-order valence-corrected chi connectivity index (χ1v) is 6.61. The van der Waals surface area contributed by atoms with Crippen LogP contribution in [0.1, 0.15) is 12.1 Å². The highest BCUT2D eigenvalue weighted by molar-refractivity contribution is 4.91. The summed E-state index contributed by atoms with van der Waals surface area (Å²) in [5.41, 5.74) is 1.00. The molecule has 1 saturated heterocycles. The van der Waals surface area contributed by atoms with Crippen LogP contribution in [0.15, 0.2) is 6.20 Å². The molecule has 18 heavy (non-hydrogen) atoms. The van der Waals surface area contributed by atoms with Crippen LogP contribution in [0.5, 0.6) is 0 Å². The largest absolute Gasteiger partial charge is 0.314 e. The molecule has 0 spiro atoms. The molecule has 2 heterocycles. The Balaban J connectivity index is 1.74. The monoisotopic (exact) mass is 252 g/mol. The molecule has 2 rings (SSSR count). The van der Waals surface area contributed by atoms with Crippen LogP contribution >= 0.6 is 0 Å². The number of aromatic nitrogens is 3. The zero-order valence-corrected chi connectivity index (χ0v) is 11.6. The minimum Gasteiger partial charge on any atom is -0.314 e. The number of nitrogens with zero attached hydrogens (tertiary/aromatic N) is 5. The Morgan fingerprint density at radius 2 is 2.28 bits per heavy atom. The van der Waals surface area contributed by atoms with E-state index in [1.807, 2.05) is 17.9 Å². The average molecular weight is 252 g/mol. The van der Waals surface area contributed by atoms with Gasteiger partial charge in [0.15, 0.2) is 0 Å². The first-order chi connectivity index (χ1) is 8.69. The number of likely N-dealkylation sites (N-methyl/N-ethyl adjacent to an activating group) is 1. The van der Waals surface area contributed by atoms with Crippen molar-refractivity contribution >= 4 is 0 Å². The van der Waals surface area contributed by atoms with Crippen LogP contribution in [0.4, 0.5) is 0 Å². The quantitative estimate of drug-likeness (QED) is 0.749. The number of nitrogens with one attached hydrogen (secondary N) is 1. The highest BCUT2D eigenvalue weighted by Crippen LogP contribution is 2.12. The van der Waals surface area contributed by atoms with Gasteiger partial charge in [-0.2, -0.15) is 0 Å². The van der Waals surface area contributed by atoms with Gasteiger partial charge in [-0.15, -0.1) is 5.10 Å². The van der Waals surface area contributed by atoms with Gasteiger partial charge >= 0.3 is 0 Å². The summed E-state index contributed by atoms with van der Waals surface area (Å²) in [6, 6.07) is 0.709. The maximum Gasteiger partial charge on any atom is 0.0964 e. The Kier molecular flexibility index (Phi) is 4.68. The van der Waals surface area contributed by atoms with E-state index in [1.54, 1.807) is 0 Å². The summed E-state index contributed by atoms with van der Waals surface area (Å²) in [5.74, 6) is 0. The summed E-state index contributed by atoms with van der Waals surface area (Å²) in [6.07, 6.45) is 3.30. The van der Waals surface area contributed by atoms with Crippen LogP contribution in [0.2, 0.25) is 0 Å². The van der Waals surface area contributed by atoms with Crippen molar-refractivity contribution < 1.29 is 0 Å². The van der Waals surface area contributed by atoms with E-state index >= 15 is 0 Å². The molecule has 0 aliphatic carbocycles. The van der Waals surface area contributed by atoms with E-state index in [0.717, 1.165) is 25.3 Å². The predicted octanol–water partition coefficient (Wildman–Crippen LogP) is -0.367. The topological polar surface area (TPSA) is 49.2 Å². The number of rotatable bonds is 6. The summed E-state index contributed by atoms with van der Waals surface area (Å²) in [7, 11) is 6.25. The van der Waals surface area contributed by atoms with E-state index in [4.69, 9.17) is 0 Å². The van der Waals surface area contributed by atoms with Gasteiger partial charge in [0.25, 0.3) is 0 Å². The first-order valence-electron chi connectivity index (χ1n) is 6.61. The Hall–Kier alpha value is -0.980. The molecule has 0 bridgehead atoms. The van der Waals surface area contributed by atoms with E-state index in [0.29, 0.717) is 6.04 Å². The molecule has 1 aromatic rings. The first kappa shape index (κ1) is 13.5. The number of hydrogen-bond acceptors (Lipinski definition) is 5. The van der Waals surface area contributed by atoms with Crippen molar-refractivity contribution in [1.82, 2.24) is 30.1 Å². The van der Waals surface area contributed by atoms with Gasteiger partial charge in [0, 0.05) is 31.9 Å². The van der Waals surface area contributed by atoms with Gasteiger partial charge in [0.2, 0.25) is 0 Å². The molecule has 6 heteroatoms. The van der Waals surface area contributed by atoms with E-state index in [-0.39, 0.29) is 0 Å². The molecular weight excluding hydrogens is 228 g/mol. The summed E-state index contributed by atoms with van der Waals surface area (Å²) >= 11 is 0. The van der Waals surface area contributed by atoms with Gasteiger partial charge in [0.05, 0.1) is 12.2 Å². The highest BCUT2D eigenvalue weighted by Gasteiger charge is 2.23. The summed E-state index contributed by atoms with van der Waals surface area (Å²) < 4.78 is 1.94. The van der Waals surface area contributed by atoms with Crippen molar-refractivity contribution in [2.45, 2.75) is 25.6 Å². The molecule has 1 unspecified atom stereocenters. The van der Waals surface area contributed by atoms with Crippen molar-refractivity contribution in [3.05, 3.63) is 11.9 Å². The van der Waals surface area contributed by atoms with Crippen molar-refractivity contribution in [3.63, 3.8) is 0 Å². The van der Waals surface area contributed by atoms with Gasteiger partial charge in [-0.05, 0) is 34.1 Å². The maximum absolute atomic E-state index is 4.14. The molecule has 1 aliphatic heterocycles. The van der Waals surface area contributed by atoms with Gasteiger partial charge in [-0.3, -0.25) is 9.58 Å². The third-order valence-corrected chi connectivity index (χ3v) is 3.57. The summed E-state index contributed by atoms with van der Waals surface area (Å²) in [4.78, 5) is 4.82. The van der Waals surface area contributed by atoms with Crippen LogP contribution in [-0.4, -0.2) is 71.6 Å². The minimum absolute atomic E-state index is 0.709. The summed E-state index contributed by atoms with van der Waals surface area (Å²) in [5, 5.41) is 11.3. The lowest BCUT2D eigenvalue weighted by Gasteiger charge is -2.20. The molecule has 1 N–H and O–H groups in total. The fourth-order valence-corrected chi connectivity index (χ4v) is 2.39. The molecule has 0 saturated carbocycles. The standard InChI is InChI=1S/C12H24N6/c1-13-8-11-9-18(15-14-11)7-6-17-5-4-12(10-17)16(2)3/h9,12-13H,4-8,10H2,1-3H3. The molecule has 6 nitrogen and oxygen atoms in total. The van der Waals surface area contributed by atoms with Crippen molar-refractivity contribution in [2.75, 3.05) is 40.8 Å². The minimum atomic E-state index is 0.709. The Labute approximate surface area is 109 Å². The van der Waals surface area contributed by atoms with Crippen LogP contribution in [0.25, 0.3) is 0 Å². The maximum atomic E-state index is 4.14. The molecule has 1 fully saturated rings. The van der Waals surface area contributed by atoms with Gasteiger partial charge in [0.1, 0.15) is 0 Å². The zero-order chi connectivity index (χ0) is 13.0. The highest BCUT2D eigenvalue weighted by atomic mass is 15.4. The predicted molar refractivity (Wildman–Crippen MR) is 71.3 cm³/mol. The normalized spacial score (nSPS) is 21.0. The third kappa shape index (κ3) is 3.51. The van der Waals surface area contributed by atoms with Crippen LogP contribution in [-0.2, 0) is 13.1 Å². The van der Waals surface area contributed by atoms with E-state index in [2.05, 4.69) is 39.5 Å². The average Bonchev–Trinajstić information content (AvgIpc) is 2.95. The second kappa shape index (κ2) is 6.26. The van der Waals surface area contributed by atoms with E-state index in [1.165, 1.54) is 19.5 Å². The lowest BCUT2D eigenvalue weighted by atomic mass is 10.2. The molecule has 0 amide bonds. The van der Waals surface area contributed by atoms with Crippen molar-refractivity contribution in [3.8, 4) is 0 Å². The lowest BCUT2D eigenvalue weighted by molar-refractivity contribution is 0.260. The van der Waals surface area contributed by atoms with Crippen molar-refractivity contribution in [2.24, 2.45) is 0 Å². The van der Waals surface area contributed by atoms with Crippen LogP contribution in [0, 0.1) is 0 Å². The van der Waals surface area contributed by atoms with E-state index < -0.39 is 0 Å². The molecule has 1 atom stereocenters. The van der Waals surface area contributed by atoms with Crippen LogP contribution in [0.3, 0.4) is 0 Å². The fraction of sp³-hybridized carbons (Fsp3) is 0.833. The summed E-state index contributed by atoms with van der Waals surface area (Å²) in [6.45, 7) is 5.14. The number of hydrogen-bond donors (Lipinski definition) is 1. The molecule has 0 radical (unpaired) electrons. The number of likely N-dealkylation sites (tertiary alicyclic amines) is 1. The Morgan fingerprint density at radius 1 is 1.44 bits per heavy atom.